The van der Waals surface area contributed by atoms with Crippen LogP contribution in [0.25, 0.3) is 0 Å². The van der Waals surface area contributed by atoms with Crippen LogP contribution in [0, 0.1) is 10.1 Å². The van der Waals surface area contributed by atoms with Crippen LogP contribution < -0.4 is 0 Å². The van der Waals surface area contributed by atoms with Gasteiger partial charge in [-0.05, 0) is 37.3 Å². The molecule has 0 aliphatic rings. The topological polar surface area (TPSA) is 133 Å². The molecule has 1 aromatic carbocycles. The molecule has 1 unspecified atom stereocenters. The first kappa shape index (κ1) is 21.2. The van der Waals surface area contributed by atoms with Gasteiger partial charge in [-0.1, -0.05) is 12.1 Å². The highest BCUT2D eigenvalue weighted by Gasteiger charge is 2.21. The molecular formula is C20H17N3O6. The number of carbonyl (C=O) groups excluding carboxylic acids is 1. The predicted molar refractivity (Wildman–Crippen MR) is 102 cm³/mol. The second kappa shape index (κ2) is 10.3. The van der Waals surface area contributed by atoms with E-state index in [4.69, 9.17) is 9.84 Å². The fraction of sp³-hybridized carbons (Fsp3) is 0.100. The number of esters is 1. The molecule has 3 rings (SSSR count). The van der Waals surface area contributed by atoms with Crippen molar-refractivity contribution in [3.63, 3.8) is 0 Å². The van der Waals surface area contributed by atoms with Gasteiger partial charge in [0.25, 0.3) is 5.69 Å². The Hall–Kier alpha value is -4.14. The minimum Gasteiger partial charge on any atom is -0.478 e. The maximum atomic E-state index is 11.9. The summed E-state index contributed by atoms with van der Waals surface area (Å²) in [4.78, 5) is 39.9. The fourth-order valence-corrected chi connectivity index (χ4v) is 2.26. The number of pyridine rings is 2. The largest absolute Gasteiger partial charge is 0.478 e. The summed E-state index contributed by atoms with van der Waals surface area (Å²) in [6, 6.07) is 12.4. The van der Waals surface area contributed by atoms with Gasteiger partial charge in [-0.15, -0.1) is 0 Å². The summed E-state index contributed by atoms with van der Waals surface area (Å²) in [5.41, 5.74) is 0.809. The van der Waals surface area contributed by atoms with Crippen LogP contribution in [0.15, 0.2) is 73.3 Å². The van der Waals surface area contributed by atoms with Gasteiger partial charge in [-0.3, -0.25) is 20.1 Å². The monoisotopic (exact) mass is 395 g/mol. The Balaban J connectivity index is 0.000000278. The van der Waals surface area contributed by atoms with Crippen molar-refractivity contribution in [1.82, 2.24) is 9.97 Å². The zero-order chi connectivity index (χ0) is 21.2. The first-order valence-corrected chi connectivity index (χ1v) is 8.37. The van der Waals surface area contributed by atoms with E-state index in [1.54, 1.807) is 49.5 Å². The van der Waals surface area contributed by atoms with Crippen molar-refractivity contribution in [1.29, 1.82) is 0 Å². The van der Waals surface area contributed by atoms with E-state index in [0.717, 1.165) is 0 Å². The minimum absolute atomic E-state index is 0.0704. The van der Waals surface area contributed by atoms with E-state index < -0.39 is 23.0 Å². The molecule has 0 saturated carbocycles. The molecule has 0 spiro atoms. The standard InChI is InChI=1S/C14H12N2O4.C6H5NO2/c1-10(12-6-2-3-7-13(12)16(18)19)20-14(17)11-5-4-8-15-9-11;8-6(9)5-2-1-3-7-4-5/h2-10H,1H3;1-4H,(H,8,9). The van der Waals surface area contributed by atoms with Crippen LogP contribution in [0.1, 0.15) is 39.3 Å². The second-order valence-electron chi connectivity index (χ2n) is 5.65. The molecular weight excluding hydrogens is 378 g/mol. The molecule has 0 radical (unpaired) electrons. The van der Waals surface area contributed by atoms with Gasteiger partial charge in [0.2, 0.25) is 0 Å². The second-order valence-corrected chi connectivity index (χ2v) is 5.65. The van der Waals surface area contributed by atoms with Crippen molar-refractivity contribution < 1.29 is 24.4 Å². The number of nitro benzene ring substituents is 1. The van der Waals surface area contributed by atoms with Crippen molar-refractivity contribution in [2.75, 3.05) is 0 Å². The maximum Gasteiger partial charge on any atom is 0.340 e. The average molecular weight is 395 g/mol. The van der Waals surface area contributed by atoms with E-state index in [-0.39, 0.29) is 11.3 Å². The van der Waals surface area contributed by atoms with E-state index in [0.29, 0.717) is 11.1 Å². The number of carbonyl (C=O) groups is 2. The predicted octanol–water partition coefficient (Wildman–Crippen LogP) is 3.69. The zero-order valence-electron chi connectivity index (χ0n) is 15.3. The molecule has 1 atom stereocenters. The Morgan fingerprint density at radius 2 is 1.59 bits per heavy atom. The average Bonchev–Trinajstić information content (AvgIpc) is 2.75. The highest BCUT2D eigenvalue weighted by Crippen LogP contribution is 2.27. The van der Waals surface area contributed by atoms with Gasteiger partial charge >= 0.3 is 11.9 Å². The zero-order valence-corrected chi connectivity index (χ0v) is 15.3. The number of nitro groups is 1. The van der Waals surface area contributed by atoms with Gasteiger partial charge in [-0.2, -0.15) is 0 Å². The number of aromatic carboxylic acids is 1. The normalized spacial score (nSPS) is 10.8. The summed E-state index contributed by atoms with van der Waals surface area (Å²) in [7, 11) is 0. The summed E-state index contributed by atoms with van der Waals surface area (Å²) in [5.74, 6) is -1.51. The molecule has 9 nitrogen and oxygen atoms in total. The Morgan fingerprint density at radius 1 is 1.00 bits per heavy atom. The molecule has 0 saturated heterocycles. The van der Waals surface area contributed by atoms with E-state index in [2.05, 4.69) is 9.97 Å². The third kappa shape index (κ3) is 6.21. The molecule has 0 amide bonds. The number of carboxylic acid groups (broad SMARTS) is 1. The molecule has 2 aromatic heterocycles. The fourth-order valence-electron chi connectivity index (χ4n) is 2.26. The van der Waals surface area contributed by atoms with E-state index >= 15 is 0 Å². The molecule has 0 bridgehead atoms. The van der Waals surface area contributed by atoms with Crippen LogP contribution >= 0.6 is 0 Å². The molecule has 0 aliphatic carbocycles. The van der Waals surface area contributed by atoms with E-state index in [9.17, 15) is 19.7 Å². The molecule has 29 heavy (non-hydrogen) atoms. The maximum absolute atomic E-state index is 11.9. The summed E-state index contributed by atoms with van der Waals surface area (Å²) in [6.45, 7) is 1.59. The molecule has 1 N–H and O–H groups in total. The Morgan fingerprint density at radius 3 is 2.07 bits per heavy atom. The van der Waals surface area contributed by atoms with Crippen LogP contribution in [0.2, 0.25) is 0 Å². The van der Waals surface area contributed by atoms with Crippen LogP contribution in [0.3, 0.4) is 0 Å². The molecule has 148 valence electrons. The number of aromatic nitrogens is 2. The summed E-state index contributed by atoms with van der Waals surface area (Å²) >= 11 is 0. The molecule has 9 heteroatoms. The molecule has 0 fully saturated rings. The van der Waals surface area contributed by atoms with Crippen molar-refractivity contribution in [3.05, 3.63) is 100 Å². The van der Waals surface area contributed by atoms with Crippen LogP contribution in [-0.4, -0.2) is 31.9 Å². The van der Waals surface area contributed by atoms with Crippen molar-refractivity contribution in [2.24, 2.45) is 0 Å². The number of nitrogens with zero attached hydrogens (tertiary/aromatic N) is 3. The summed E-state index contributed by atoms with van der Waals surface area (Å²) < 4.78 is 5.23. The third-order valence-corrected chi connectivity index (χ3v) is 3.66. The Bertz CT molecular complexity index is 980. The van der Waals surface area contributed by atoms with Gasteiger partial charge in [0.05, 0.1) is 21.6 Å². The lowest BCUT2D eigenvalue weighted by Gasteiger charge is -2.13. The lowest BCUT2D eigenvalue weighted by molar-refractivity contribution is -0.386. The van der Waals surface area contributed by atoms with Crippen molar-refractivity contribution in [2.45, 2.75) is 13.0 Å². The number of ether oxygens (including phenoxy) is 1. The number of rotatable bonds is 5. The van der Waals surface area contributed by atoms with E-state index in [1.165, 1.54) is 30.7 Å². The Labute approximate surface area is 165 Å². The first-order chi connectivity index (χ1) is 13.9. The van der Waals surface area contributed by atoms with Gasteiger partial charge in [0, 0.05) is 30.9 Å². The van der Waals surface area contributed by atoms with Gasteiger partial charge in [-0.25, -0.2) is 9.59 Å². The molecule has 0 aliphatic heterocycles. The lowest BCUT2D eigenvalue weighted by atomic mass is 10.1. The SMILES string of the molecule is CC(OC(=O)c1cccnc1)c1ccccc1[N+](=O)[O-].O=C(O)c1cccnc1. The highest BCUT2D eigenvalue weighted by atomic mass is 16.6. The number of carboxylic acids is 1. The van der Waals surface area contributed by atoms with Crippen molar-refractivity contribution in [3.8, 4) is 0 Å². The third-order valence-electron chi connectivity index (χ3n) is 3.66. The van der Waals surface area contributed by atoms with Gasteiger partial charge in [0.15, 0.2) is 0 Å². The molecule has 2 heterocycles. The van der Waals surface area contributed by atoms with Gasteiger partial charge < -0.3 is 9.84 Å². The number of benzene rings is 1. The van der Waals surface area contributed by atoms with E-state index in [1.807, 2.05) is 0 Å². The molecule has 3 aromatic rings. The highest BCUT2D eigenvalue weighted by molar-refractivity contribution is 5.89. The van der Waals surface area contributed by atoms with Crippen molar-refractivity contribution >= 4 is 17.6 Å². The van der Waals surface area contributed by atoms with Crippen LogP contribution in [0.4, 0.5) is 5.69 Å². The number of para-hydroxylation sites is 1. The summed E-state index contributed by atoms with van der Waals surface area (Å²) in [6.07, 6.45) is 5.05. The van der Waals surface area contributed by atoms with Crippen LogP contribution in [-0.2, 0) is 4.74 Å². The quantitative estimate of drug-likeness (QED) is 0.393. The first-order valence-electron chi connectivity index (χ1n) is 8.37. The minimum atomic E-state index is -0.942. The lowest BCUT2D eigenvalue weighted by Crippen LogP contribution is -2.10. The van der Waals surface area contributed by atoms with Gasteiger partial charge in [0.1, 0.15) is 6.10 Å². The number of hydrogen-bond acceptors (Lipinski definition) is 7. The smallest absolute Gasteiger partial charge is 0.340 e. The number of hydrogen-bond donors (Lipinski definition) is 1. The summed E-state index contributed by atoms with van der Waals surface area (Å²) in [5, 5.41) is 19.3. The van der Waals surface area contributed by atoms with Crippen LogP contribution in [0.5, 0.6) is 0 Å². The Kier molecular flexibility index (Phi) is 7.49.